The molecule has 0 aliphatic heterocycles. The van der Waals surface area contributed by atoms with Crippen molar-refractivity contribution in [1.82, 2.24) is 14.7 Å². The summed E-state index contributed by atoms with van der Waals surface area (Å²) in [5.74, 6) is 1.24. The van der Waals surface area contributed by atoms with Gasteiger partial charge in [-0.2, -0.15) is 0 Å². The number of thioether (sulfide) groups is 1. The number of ether oxygens (including phenoxy) is 2. The molecule has 0 saturated heterocycles. The number of carbonyl (C=O) groups is 1. The van der Waals surface area contributed by atoms with Crippen molar-refractivity contribution in [3.63, 3.8) is 0 Å². The number of aryl methyl sites for hydroxylation is 1. The van der Waals surface area contributed by atoms with Crippen LogP contribution in [0.25, 0.3) is 22.0 Å². The number of hydrogen-bond acceptors (Lipinski definition) is 7. The average Bonchev–Trinajstić information content (AvgIpc) is 3.52. The summed E-state index contributed by atoms with van der Waals surface area (Å²) >= 11 is 1.76. The molecule has 0 aliphatic rings. The summed E-state index contributed by atoms with van der Waals surface area (Å²) in [5.41, 5.74) is 4.97. The molecule has 0 atom stereocenters. The third kappa shape index (κ3) is 7.71. The van der Waals surface area contributed by atoms with Crippen LogP contribution in [0.5, 0.6) is 11.6 Å². The molecule has 0 radical (unpaired) electrons. The molecule has 0 saturated carbocycles. The standard InChI is InChI=1S/C36H41N3O5S/c1-8-42-32-16-13-26(20-37-32)25-11-9-24(10-12-25)21-39-30-15-14-28(43-22-27-17-23(2)44-38-27)18-29(30)33(45-35(3,4)5)31(39)19-36(6,7)34(40)41/h9-18,20H,8,19,21-22H2,1-7H3,(H,40,41). The summed E-state index contributed by atoms with van der Waals surface area (Å²) in [4.78, 5) is 17.8. The van der Waals surface area contributed by atoms with Gasteiger partial charge in [0.1, 0.15) is 23.8 Å². The summed E-state index contributed by atoms with van der Waals surface area (Å²) in [6.07, 6.45) is 2.20. The predicted molar refractivity (Wildman–Crippen MR) is 178 cm³/mol. The van der Waals surface area contributed by atoms with Gasteiger partial charge >= 0.3 is 5.97 Å². The molecule has 0 fully saturated rings. The maximum absolute atomic E-state index is 12.3. The van der Waals surface area contributed by atoms with E-state index in [1.807, 2.05) is 44.3 Å². The highest BCUT2D eigenvalue weighted by Crippen LogP contribution is 2.44. The summed E-state index contributed by atoms with van der Waals surface area (Å²) in [5, 5.41) is 15.2. The fraction of sp³-hybridized carbons (Fsp3) is 0.361. The van der Waals surface area contributed by atoms with Gasteiger partial charge in [0.2, 0.25) is 5.88 Å². The second-order valence-electron chi connectivity index (χ2n) is 12.9. The highest BCUT2D eigenvalue weighted by Gasteiger charge is 2.33. The Morgan fingerprint density at radius 1 is 0.978 bits per heavy atom. The SMILES string of the molecule is CCOc1ccc(-c2ccc(Cn3c(CC(C)(C)C(=O)O)c(SC(C)(C)C)c4cc(OCc5cc(C)on5)ccc43)cc2)cn1. The third-order valence-electron chi connectivity index (χ3n) is 7.41. The molecule has 8 nitrogen and oxygen atoms in total. The van der Waals surface area contributed by atoms with Gasteiger partial charge in [-0.3, -0.25) is 4.79 Å². The van der Waals surface area contributed by atoms with Crippen molar-refractivity contribution in [2.45, 2.75) is 77.7 Å². The Bertz CT molecular complexity index is 1780. The number of carboxylic acids is 1. The molecule has 2 aromatic carbocycles. The van der Waals surface area contributed by atoms with Crippen LogP contribution in [0.4, 0.5) is 0 Å². The molecule has 5 aromatic rings. The Hall–Kier alpha value is -4.24. The monoisotopic (exact) mass is 627 g/mol. The molecule has 0 unspecified atom stereocenters. The van der Waals surface area contributed by atoms with Gasteiger partial charge in [-0.25, -0.2) is 4.98 Å². The predicted octanol–water partition coefficient (Wildman–Crippen LogP) is 8.57. The maximum atomic E-state index is 12.3. The first-order chi connectivity index (χ1) is 21.3. The number of aromatic nitrogens is 3. The van der Waals surface area contributed by atoms with E-state index in [1.54, 1.807) is 25.6 Å². The van der Waals surface area contributed by atoms with Crippen molar-refractivity contribution in [2.24, 2.45) is 5.41 Å². The summed E-state index contributed by atoms with van der Waals surface area (Å²) in [7, 11) is 0. The molecule has 3 heterocycles. The van der Waals surface area contributed by atoms with Gasteiger partial charge in [0, 0.05) is 63.1 Å². The molecule has 0 aliphatic carbocycles. The number of hydrogen-bond donors (Lipinski definition) is 1. The summed E-state index contributed by atoms with van der Waals surface area (Å²) in [6.45, 7) is 15.4. The molecule has 0 amide bonds. The molecule has 0 bridgehead atoms. The van der Waals surface area contributed by atoms with Crippen molar-refractivity contribution in [3.8, 4) is 22.8 Å². The highest BCUT2D eigenvalue weighted by molar-refractivity contribution is 8.00. The molecular weight excluding hydrogens is 586 g/mol. The number of aliphatic carboxylic acids is 1. The number of rotatable bonds is 12. The average molecular weight is 628 g/mol. The minimum absolute atomic E-state index is 0.107. The molecular formula is C36H41N3O5S. The van der Waals surface area contributed by atoms with Gasteiger partial charge in [-0.05, 0) is 63.1 Å². The first-order valence-electron chi connectivity index (χ1n) is 15.1. The fourth-order valence-corrected chi connectivity index (χ4v) is 6.31. The number of benzene rings is 2. The molecule has 3 aromatic heterocycles. The van der Waals surface area contributed by atoms with Crippen LogP contribution in [0.15, 0.2) is 76.3 Å². The normalized spacial score (nSPS) is 12.1. The number of fused-ring (bicyclic) bond motifs is 1. The smallest absolute Gasteiger partial charge is 0.309 e. The van der Waals surface area contributed by atoms with Gasteiger partial charge in [0.25, 0.3) is 0 Å². The van der Waals surface area contributed by atoms with Crippen LogP contribution in [-0.2, 0) is 24.4 Å². The summed E-state index contributed by atoms with van der Waals surface area (Å²) < 4.78 is 19.0. The molecule has 45 heavy (non-hydrogen) atoms. The van der Waals surface area contributed by atoms with Crippen molar-refractivity contribution < 1.29 is 23.9 Å². The van der Waals surface area contributed by atoms with Crippen LogP contribution in [0.3, 0.4) is 0 Å². The zero-order chi connectivity index (χ0) is 32.4. The second-order valence-corrected chi connectivity index (χ2v) is 14.7. The summed E-state index contributed by atoms with van der Waals surface area (Å²) in [6, 6.07) is 20.3. The quantitative estimate of drug-likeness (QED) is 0.137. The molecule has 9 heteroatoms. The van der Waals surface area contributed by atoms with Crippen molar-refractivity contribution in [2.75, 3.05) is 6.61 Å². The Morgan fingerprint density at radius 3 is 2.31 bits per heavy atom. The van der Waals surface area contributed by atoms with E-state index >= 15 is 0 Å². The van der Waals surface area contributed by atoms with Gasteiger partial charge in [0.15, 0.2) is 0 Å². The van der Waals surface area contributed by atoms with Crippen LogP contribution < -0.4 is 9.47 Å². The van der Waals surface area contributed by atoms with Gasteiger partial charge in [0.05, 0.1) is 12.0 Å². The van der Waals surface area contributed by atoms with Gasteiger partial charge < -0.3 is 23.7 Å². The van der Waals surface area contributed by atoms with E-state index in [4.69, 9.17) is 14.0 Å². The lowest BCUT2D eigenvalue weighted by molar-refractivity contribution is -0.146. The zero-order valence-electron chi connectivity index (χ0n) is 27.0. The van der Waals surface area contributed by atoms with Crippen LogP contribution in [0.1, 0.15) is 64.3 Å². The van der Waals surface area contributed by atoms with Crippen molar-refractivity contribution in [3.05, 3.63) is 89.6 Å². The van der Waals surface area contributed by atoms with E-state index in [0.29, 0.717) is 37.8 Å². The molecule has 5 rings (SSSR count). The molecule has 236 valence electrons. The largest absolute Gasteiger partial charge is 0.487 e. The first kappa shape index (κ1) is 32.2. The Kier molecular flexibility index (Phi) is 9.30. The zero-order valence-corrected chi connectivity index (χ0v) is 27.8. The fourth-order valence-electron chi connectivity index (χ4n) is 5.13. The second kappa shape index (κ2) is 13.0. The lowest BCUT2D eigenvalue weighted by atomic mass is 9.88. The topological polar surface area (TPSA) is 99.6 Å². The van der Waals surface area contributed by atoms with E-state index in [-0.39, 0.29) is 4.75 Å². The van der Waals surface area contributed by atoms with Crippen molar-refractivity contribution in [1.29, 1.82) is 0 Å². The van der Waals surface area contributed by atoms with Crippen LogP contribution >= 0.6 is 11.8 Å². The lowest BCUT2D eigenvalue weighted by Crippen LogP contribution is -2.28. The van der Waals surface area contributed by atoms with Crippen LogP contribution in [0.2, 0.25) is 0 Å². The maximum Gasteiger partial charge on any atom is 0.309 e. The first-order valence-corrected chi connectivity index (χ1v) is 16.0. The van der Waals surface area contributed by atoms with E-state index in [9.17, 15) is 9.90 Å². The highest BCUT2D eigenvalue weighted by atomic mass is 32.2. The van der Waals surface area contributed by atoms with E-state index in [2.05, 4.69) is 71.9 Å². The van der Waals surface area contributed by atoms with Gasteiger partial charge in [-0.1, -0.05) is 50.2 Å². The van der Waals surface area contributed by atoms with Crippen LogP contribution in [-0.4, -0.2) is 37.1 Å². The van der Waals surface area contributed by atoms with Crippen molar-refractivity contribution >= 4 is 28.6 Å². The minimum atomic E-state index is -0.964. The third-order valence-corrected chi connectivity index (χ3v) is 8.68. The lowest BCUT2D eigenvalue weighted by Gasteiger charge is -2.24. The van der Waals surface area contributed by atoms with E-state index < -0.39 is 11.4 Å². The number of pyridine rings is 1. The Morgan fingerprint density at radius 2 is 1.71 bits per heavy atom. The number of carboxylic acid groups (broad SMARTS) is 1. The van der Waals surface area contributed by atoms with Gasteiger partial charge in [-0.15, -0.1) is 11.8 Å². The molecule has 0 spiro atoms. The van der Waals surface area contributed by atoms with Crippen LogP contribution in [0, 0.1) is 12.3 Å². The number of nitrogens with zero attached hydrogens (tertiary/aromatic N) is 3. The molecule has 1 N–H and O–H groups in total. The van der Waals surface area contributed by atoms with E-state index in [1.165, 1.54) is 0 Å². The van der Waals surface area contributed by atoms with E-state index in [0.717, 1.165) is 49.6 Å². The Labute approximate surface area is 268 Å². The Balaban J connectivity index is 1.55. The minimum Gasteiger partial charge on any atom is -0.487 e.